The first-order chi connectivity index (χ1) is 15.2. The Labute approximate surface area is 193 Å². The van der Waals surface area contributed by atoms with Crippen LogP contribution in [0.2, 0.25) is 0 Å². The van der Waals surface area contributed by atoms with Crippen LogP contribution in [0.5, 0.6) is 5.75 Å². The predicted octanol–water partition coefficient (Wildman–Crippen LogP) is 3.51. The molecule has 1 saturated heterocycles. The van der Waals surface area contributed by atoms with E-state index in [0.717, 1.165) is 11.8 Å². The van der Waals surface area contributed by atoms with Gasteiger partial charge in [0, 0.05) is 38.0 Å². The molecule has 0 bridgehead atoms. The van der Waals surface area contributed by atoms with Crippen LogP contribution in [-0.2, 0) is 14.8 Å². The van der Waals surface area contributed by atoms with Gasteiger partial charge in [-0.2, -0.15) is 4.31 Å². The number of nitrogens with one attached hydrogen (secondary N) is 1. The van der Waals surface area contributed by atoms with Gasteiger partial charge in [0.05, 0.1) is 17.7 Å². The minimum absolute atomic E-state index is 0.135. The van der Waals surface area contributed by atoms with E-state index in [1.807, 2.05) is 6.07 Å². The van der Waals surface area contributed by atoms with Crippen LogP contribution in [0.1, 0.15) is 12.8 Å². The molecular weight excluding hydrogens is 450 g/mol. The molecule has 2 aromatic rings. The first kappa shape index (κ1) is 24.1. The van der Waals surface area contributed by atoms with Crippen LogP contribution in [0.4, 0.5) is 10.5 Å². The summed E-state index contributed by atoms with van der Waals surface area (Å²) in [6.45, 7) is 0.532. The van der Waals surface area contributed by atoms with Gasteiger partial charge in [-0.05, 0) is 61.0 Å². The van der Waals surface area contributed by atoms with Crippen LogP contribution in [0.3, 0.4) is 0 Å². The largest absolute Gasteiger partial charge is 0.497 e. The molecule has 32 heavy (non-hydrogen) atoms. The van der Waals surface area contributed by atoms with Crippen molar-refractivity contribution in [1.82, 2.24) is 9.21 Å². The van der Waals surface area contributed by atoms with Crippen molar-refractivity contribution < 1.29 is 22.7 Å². The maximum absolute atomic E-state index is 12.9. The zero-order valence-corrected chi connectivity index (χ0v) is 19.9. The number of ether oxygens (including phenoxy) is 1. The number of nitrogens with zero attached hydrogens (tertiary/aromatic N) is 2. The fraction of sp³-hybridized carbons (Fsp3) is 0.364. The Bertz CT molecular complexity index is 1060. The summed E-state index contributed by atoms with van der Waals surface area (Å²) in [6, 6.07) is 13.4. The molecule has 1 aliphatic heterocycles. The number of sulfonamides is 1. The van der Waals surface area contributed by atoms with Crippen molar-refractivity contribution in [2.24, 2.45) is 5.92 Å². The molecule has 0 atom stereocenters. The molecule has 1 aliphatic rings. The maximum atomic E-state index is 12.9. The van der Waals surface area contributed by atoms with E-state index >= 15 is 0 Å². The second kappa shape index (κ2) is 10.4. The molecule has 3 rings (SSSR count). The molecule has 0 saturated carbocycles. The maximum Gasteiger partial charge on any atom is 0.286 e. The highest BCUT2D eigenvalue weighted by Crippen LogP contribution is 2.30. The Balaban J connectivity index is 1.62. The molecule has 0 unspecified atom stereocenters. The fourth-order valence-electron chi connectivity index (χ4n) is 3.33. The quantitative estimate of drug-likeness (QED) is 0.640. The lowest BCUT2D eigenvalue weighted by molar-refractivity contribution is -0.120. The Morgan fingerprint density at radius 2 is 1.69 bits per heavy atom. The molecule has 1 heterocycles. The molecule has 2 aromatic carbocycles. The number of hydrogen-bond acceptors (Lipinski definition) is 6. The molecule has 0 aromatic heterocycles. The van der Waals surface area contributed by atoms with Crippen molar-refractivity contribution in [2.45, 2.75) is 22.6 Å². The lowest BCUT2D eigenvalue weighted by Gasteiger charge is -2.30. The number of benzene rings is 2. The normalized spacial score (nSPS) is 15.2. The van der Waals surface area contributed by atoms with Crippen molar-refractivity contribution in [2.75, 3.05) is 39.6 Å². The minimum atomic E-state index is -3.62. The van der Waals surface area contributed by atoms with Crippen LogP contribution in [0.25, 0.3) is 0 Å². The van der Waals surface area contributed by atoms with Crippen LogP contribution < -0.4 is 10.1 Å². The van der Waals surface area contributed by atoms with Gasteiger partial charge in [-0.15, -0.1) is 0 Å². The number of rotatable bonds is 6. The number of para-hydroxylation sites is 1. The summed E-state index contributed by atoms with van der Waals surface area (Å²) in [7, 11) is 1.24. The summed E-state index contributed by atoms with van der Waals surface area (Å²) >= 11 is 1.05. The van der Waals surface area contributed by atoms with Crippen molar-refractivity contribution in [1.29, 1.82) is 0 Å². The molecule has 0 radical (unpaired) electrons. The second-order valence-electron chi connectivity index (χ2n) is 7.60. The van der Waals surface area contributed by atoms with Crippen LogP contribution in [0, 0.1) is 5.92 Å². The second-order valence-corrected chi connectivity index (χ2v) is 10.5. The Morgan fingerprint density at radius 3 is 2.28 bits per heavy atom. The topological polar surface area (TPSA) is 96.0 Å². The van der Waals surface area contributed by atoms with Gasteiger partial charge in [0.25, 0.3) is 5.24 Å². The van der Waals surface area contributed by atoms with Crippen LogP contribution >= 0.6 is 11.8 Å². The predicted molar refractivity (Wildman–Crippen MR) is 124 cm³/mol. The zero-order chi connectivity index (χ0) is 23.3. The lowest BCUT2D eigenvalue weighted by atomic mass is 9.97. The molecule has 0 spiro atoms. The van der Waals surface area contributed by atoms with Gasteiger partial charge in [0.2, 0.25) is 15.9 Å². The third-order valence-corrected chi connectivity index (χ3v) is 8.26. The molecule has 2 amide bonds. The van der Waals surface area contributed by atoms with Crippen molar-refractivity contribution >= 4 is 38.6 Å². The molecule has 1 fully saturated rings. The number of amides is 2. The highest BCUT2D eigenvalue weighted by atomic mass is 32.2. The third kappa shape index (κ3) is 5.62. The van der Waals surface area contributed by atoms with Gasteiger partial charge in [0.15, 0.2) is 0 Å². The summed E-state index contributed by atoms with van der Waals surface area (Å²) in [5.41, 5.74) is 0.575. The highest BCUT2D eigenvalue weighted by molar-refractivity contribution is 8.13. The fourth-order valence-corrected chi connectivity index (χ4v) is 5.55. The zero-order valence-electron chi connectivity index (χ0n) is 18.3. The van der Waals surface area contributed by atoms with Gasteiger partial charge in [-0.3, -0.25) is 9.59 Å². The molecule has 8 nitrogen and oxygen atoms in total. The summed E-state index contributed by atoms with van der Waals surface area (Å²) in [5, 5.41) is 2.77. The van der Waals surface area contributed by atoms with E-state index < -0.39 is 10.0 Å². The van der Waals surface area contributed by atoms with Gasteiger partial charge in [0.1, 0.15) is 5.75 Å². The van der Waals surface area contributed by atoms with E-state index in [1.54, 1.807) is 44.4 Å². The number of hydrogen-bond donors (Lipinski definition) is 1. The van der Waals surface area contributed by atoms with Crippen LogP contribution in [0.15, 0.2) is 58.3 Å². The number of piperidine rings is 1. The smallest absolute Gasteiger partial charge is 0.286 e. The highest BCUT2D eigenvalue weighted by Gasteiger charge is 2.32. The number of carbonyl (C=O) groups is 2. The van der Waals surface area contributed by atoms with Gasteiger partial charge in [-0.1, -0.05) is 12.1 Å². The van der Waals surface area contributed by atoms with E-state index in [-0.39, 0.29) is 35.0 Å². The first-order valence-corrected chi connectivity index (χ1v) is 12.4. The third-order valence-electron chi connectivity index (χ3n) is 5.23. The molecule has 1 N–H and O–H groups in total. The van der Waals surface area contributed by atoms with E-state index in [1.165, 1.54) is 28.4 Å². The average molecular weight is 478 g/mol. The Morgan fingerprint density at radius 1 is 1.06 bits per heavy atom. The standard InChI is InChI=1S/C22H27N3O5S2/c1-24(2)22(27)31-20-7-5-4-6-19(20)23-21(26)16-12-14-25(15-13-16)32(28,29)18-10-8-17(30-3)9-11-18/h4-11,16H,12-15H2,1-3H3,(H,23,26). The summed E-state index contributed by atoms with van der Waals surface area (Å²) in [6.07, 6.45) is 0.848. The molecule has 0 aliphatic carbocycles. The van der Waals surface area contributed by atoms with E-state index in [4.69, 9.17) is 4.74 Å². The minimum Gasteiger partial charge on any atom is -0.497 e. The molecular formula is C22H27N3O5S2. The summed E-state index contributed by atoms with van der Waals surface area (Å²) < 4.78 is 32.3. The van der Waals surface area contributed by atoms with Crippen LogP contribution in [-0.4, -0.2) is 63.1 Å². The van der Waals surface area contributed by atoms with Crippen molar-refractivity contribution in [3.8, 4) is 5.75 Å². The Kier molecular flexibility index (Phi) is 7.81. The van der Waals surface area contributed by atoms with Gasteiger partial charge >= 0.3 is 0 Å². The monoisotopic (exact) mass is 477 g/mol. The number of thioether (sulfide) groups is 1. The summed E-state index contributed by atoms with van der Waals surface area (Å²) in [4.78, 5) is 27.2. The SMILES string of the molecule is COc1ccc(S(=O)(=O)N2CCC(C(=O)Nc3ccccc3SC(=O)N(C)C)CC2)cc1. The number of carbonyl (C=O) groups excluding carboxylic acids is 2. The van der Waals surface area contributed by atoms with Crippen molar-refractivity contribution in [3.63, 3.8) is 0 Å². The van der Waals surface area contributed by atoms with E-state index in [2.05, 4.69) is 5.32 Å². The lowest BCUT2D eigenvalue weighted by Crippen LogP contribution is -2.41. The van der Waals surface area contributed by atoms with Gasteiger partial charge < -0.3 is 15.0 Å². The molecule has 10 heteroatoms. The van der Waals surface area contributed by atoms with Gasteiger partial charge in [-0.25, -0.2) is 8.42 Å². The summed E-state index contributed by atoms with van der Waals surface area (Å²) in [5.74, 6) is 0.113. The Hall–Kier alpha value is -2.56. The van der Waals surface area contributed by atoms with E-state index in [9.17, 15) is 18.0 Å². The molecule has 172 valence electrons. The first-order valence-electron chi connectivity index (χ1n) is 10.2. The van der Waals surface area contributed by atoms with Crippen molar-refractivity contribution in [3.05, 3.63) is 48.5 Å². The van der Waals surface area contributed by atoms with E-state index in [0.29, 0.717) is 29.2 Å². The number of anilines is 1. The average Bonchev–Trinajstić information content (AvgIpc) is 2.80. The number of methoxy groups -OCH3 is 1.